The lowest BCUT2D eigenvalue weighted by atomic mass is 9.99. The molecule has 0 fully saturated rings. The molecule has 0 saturated carbocycles. The zero-order valence-corrected chi connectivity index (χ0v) is 23.1. The third-order valence-electron chi connectivity index (χ3n) is 8.06. The molecule has 0 aliphatic carbocycles. The molecule has 2 aromatic heterocycles. The molecule has 0 saturated heterocycles. The van der Waals surface area contributed by atoms with E-state index >= 15 is 0 Å². The Morgan fingerprint density at radius 3 is 1.73 bits per heavy atom. The lowest BCUT2D eigenvalue weighted by Crippen LogP contribution is -2.24. The predicted octanol–water partition coefficient (Wildman–Crippen LogP) is 8.10. The van der Waals surface area contributed by atoms with Crippen LogP contribution in [0.4, 0.5) is 0 Å². The number of pyridine rings is 1. The molecular formula is C37H25N2OP. The van der Waals surface area contributed by atoms with Crippen molar-refractivity contribution in [3.63, 3.8) is 0 Å². The summed E-state index contributed by atoms with van der Waals surface area (Å²) in [6.07, 6.45) is 0. The molecule has 0 atom stereocenters. The molecule has 0 amide bonds. The third kappa shape index (κ3) is 3.67. The van der Waals surface area contributed by atoms with Gasteiger partial charge in [-0.3, -0.25) is 4.40 Å². The topological polar surface area (TPSA) is 34.4 Å². The summed E-state index contributed by atoms with van der Waals surface area (Å²) in [7, 11) is -3.02. The zero-order valence-electron chi connectivity index (χ0n) is 22.2. The van der Waals surface area contributed by atoms with Crippen molar-refractivity contribution in [1.29, 1.82) is 0 Å². The molecule has 0 N–H and O–H groups in total. The van der Waals surface area contributed by atoms with Crippen molar-refractivity contribution in [3.8, 4) is 11.1 Å². The van der Waals surface area contributed by atoms with Gasteiger partial charge in [-0.1, -0.05) is 127 Å². The van der Waals surface area contributed by atoms with Gasteiger partial charge in [-0.25, -0.2) is 4.98 Å². The molecule has 194 valence electrons. The van der Waals surface area contributed by atoms with Crippen LogP contribution in [0.2, 0.25) is 0 Å². The number of imidazole rings is 1. The fourth-order valence-electron chi connectivity index (χ4n) is 6.08. The summed E-state index contributed by atoms with van der Waals surface area (Å²) in [6, 6.07) is 51.3. The highest BCUT2D eigenvalue weighted by atomic mass is 31.2. The molecule has 0 aliphatic heterocycles. The van der Waals surface area contributed by atoms with E-state index < -0.39 is 7.14 Å². The number of fused-ring (bicyclic) bond motifs is 8. The van der Waals surface area contributed by atoms with Gasteiger partial charge >= 0.3 is 0 Å². The number of nitrogens with zero attached hydrogens (tertiary/aromatic N) is 2. The van der Waals surface area contributed by atoms with Gasteiger partial charge in [-0.05, 0) is 40.8 Å². The Kier molecular flexibility index (Phi) is 5.41. The van der Waals surface area contributed by atoms with Crippen molar-refractivity contribution in [2.24, 2.45) is 0 Å². The number of hydrogen-bond donors (Lipinski definition) is 0. The number of aromatic nitrogens is 2. The van der Waals surface area contributed by atoms with Gasteiger partial charge in [0.15, 0.2) is 7.14 Å². The minimum Gasteiger partial charge on any atom is -0.309 e. The van der Waals surface area contributed by atoms with Crippen molar-refractivity contribution in [2.75, 3.05) is 0 Å². The Morgan fingerprint density at radius 2 is 1.02 bits per heavy atom. The molecule has 3 nitrogen and oxygen atoms in total. The molecule has 0 aliphatic rings. The molecule has 0 unspecified atom stereocenters. The van der Waals surface area contributed by atoms with Crippen molar-refractivity contribution >= 4 is 61.4 Å². The number of rotatable bonds is 4. The first-order valence-corrected chi connectivity index (χ1v) is 15.5. The van der Waals surface area contributed by atoms with Crippen molar-refractivity contribution in [2.45, 2.75) is 0 Å². The second kappa shape index (κ2) is 9.30. The van der Waals surface area contributed by atoms with E-state index in [1.54, 1.807) is 0 Å². The van der Waals surface area contributed by atoms with E-state index in [9.17, 15) is 4.57 Å². The second-order valence-corrected chi connectivity index (χ2v) is 13.1. The number of para-hydroxylation sites is 3. The minimum absolute atomic E-state index is 0.826. The fourth-order valence-corrected chi connectivity index (χ4v) is 8.72. The van der Waals surface area contributed by atoms with E-state index in [1.165, 1.54) is 10.8 Å². The highest BCUT2D eigenvalue weighted by Gasteiger charge is 2.29. The van der Waals surface area contributed by atoms with Gasteiger partial charge in [-0.15, -0.1) is 0 Å². The average Bonchev–Trinajstić information content (AvgIpc) is 3.45. The standard InChI is InChI=1S/C37H25N2OP/c40-41(28-11-3-1-4-12-28,29-13-5-2-6-14-29)30-22-19-26(20-23-30)27-21-24-31-32-15-7-9-17-35(32)39-36-18-10-8-16-34(36)38-37(39)33(31)25-27/h1-25H. The highest BCUT2D eigenvalue weighted by Crippen LogP contribution is 2.43. The van der Waals surface area contributed by atoms with Crippen LogP contribution in [-0.2, 0) is 4.57 Å². The van der Waals surface area contributed by atoms with E-state index in [2.05, 4.69) is 77.2 Å². The van der Waals surface area contributed by atoms with Crippen LogP contribution >= 0.6 is 7.14 Å². The smallest absolute Gasteiger partial charge is 0.171 e. The molecule has 0 spiro atoms. The zero-order chi connectivity index (χ0) is 27.4. The summed E-state index contributed by atoms with van der Waals surface area (Å²) in [6.45, 7) is 0. The first-order valence-electron chi connectivity index (χ1n) is 13.8. The second-order valence-electron chi connectivity index (χ2n) is 10.4. The minimum atomic E-state index is -3.02. The Bertz CT molecular complexity index is 2230. The Balaban J connectivity index is 1.31. The Morgan fingerprint density at radius 1 is 0.463 bits per heavy atom. The quantitative estimate of drug-likeness (QED) is 0.166. The van der Waals surface area contributed by atoms with Crippen molar-refractivity contribution in [3.05, 3.63) is 152 Å². The SMILES string of the molecule is O=P(c1ccccc1)(c1ccccc1)c1ccc(-c2ccc3c4ccccc4n4c5ccccc5nc4c3c2)cc1. The van der Waals surface area contributed by atoms with Crippen LogP contribution in [0.15, 0.2) is 152 Å². The first-order chi connectivity index (χ1) is 20.2. The van der Waals surface area contributed by atoms with Crippen LogP contribution in [-0.4, -0.2) is 9.38 Å². The Labute approximate surface area is 237 Å². The van der Waals surface area contributed by atoms with Crippen LogP contribution in [0.5, 0.6) is 0 Å². The predicted molar refractivity (Wildman–Crippen MR) is 173 cm³/mol. The summed E-state index contributed by atoms with van der Waals surface area (Å²) in [5.74, 6) is 0. The van der Waals surface area contributed by atoms with Gasteiger partial charge < -0.3 is 4.57 Å². The summed E-state index contributed by atoms with van der Waals surface area (Å²) < 4.78 is 17.1. The number of hydrogen-bond acceptors (Lipinski definition) is 2. The lowest BCUT2D eigenvalue weighted by molar-refractivity contribution is 0.592. The average molecular weight is 545 g/mol. The van der Waals surface area contributed by atoms with Crippen molar-refractivity contribution < 1.29 is 4.57 Å². The molecular weight excluding hydrogens is 519 g/mol. The maximum Gasteiger partial charge on any atom is 0.171 e. The monoisotopic (exact) mass is 544 g/mol. The molecule has 2 heterocycles. The molecule has 0 radical (unpaired) electrons. The van der Waals surface area contributed by atoms with E-state index in [1.807, 2.05) is 78.9 Å². The Hall–Kier alpha value is -4.98. The van der Waals surface area contributed by atoms with Crippen LogP contribution < -0.4 is 15.9 Å². The van der Waals surface area contributed by atoms with Crippen LogP contribution in [0.25, 0.3) is 49.5 Å². The summed E-state index contributed by atoms with van der Waals surface area (Å²) in [4.78, 5) is 5.07. The van der Waals surface area contributed by atoms with Gasteiger partial charge in [0.05, 0.1) is 16.6 Å². The summed E-state index contributed by atoms with van der Waals surface area (Å²) in [5.41, 5.74) is 6.37. The van der Waals surface area contributed by atoms with Gasteiger partial charge in [-0.2, -0.15) is 0 Å². The van der Waals surface area contributed by atoms with E-state index in [0.29, 0.717) is 0 Å². The van der Waals surface area contributed by atoms with Gasteiger partial charge in [0.25, 0.3) is 0 Å². The van der Waals surface area contributed by atoms with Gasteiger partial charge in [0, 0.05) is 26.7 Å². The number of benzene rings is 6. The highest BCUT2D eigenvalue weighted by molar-refractivity contribution is 7.85. The van der Waals surface area contributed by atoms with Gasteiger partial charge in [0.2, 0.25) is 0 Å². The normalized spacial score (nSPS) is 12.0. The molecule has 4 heteroatoms. The van der Waals surface area contributed by atoms with E-state index in [-0.39, 0.29) is 0 Å². The largest absolute Gasteiger partial charge is 0.309 e. The molecule has 8 rings (SSSR count). The van der Waals surface area contributed by atoms with E-state index in [4.69, 9.17) is 4.98 Å². The molecule has 8 aromatic rings. The molecule has 0 bridgehead atoms. The summed E-state index contributed by atoms with van der Waals surface area (Å²) >= 11 is 0. The first kappa shape index (κ1) is 23.9. The molecule has 41 heavy (non-hydrogen) atoms. The summed E-state index contributed by atoms with van der Waals surface area (Å²) in [5, 5.41) is 6.00. The lowest BCUT2D eigenvalue weighted by Gasteiger charge is -2.20. The van der Waals surface area contributed by atoms with Gasteiger partial charge in [0.1, 0.15) is 5.65 Å². The van der Waals surface area contributed by atoms with Crippen molar-refractivity contribution in [1.82, 2.24) is 9.38 Å². The van der Waals surface area contributed by atoms with Crippen LogP contribution in [0, 0.1) is 0 Å². The maximum atomic E-state index is 14.8. The maximum absolute atomic E-state index is 14.8. The van der Waals surface area contributed by atoms with Crippen LogP contribution in [0.3, 0.4) is 0 Å². The molecule has 6 aromatic carbocycles. The van der Waals surface area contributed by atoms with E-state index in [0.717, 1.165) is 54.6 Å². The van der Waals surface area contributed by atoms with Crippen LogP contribution in [0.1, 0.15) is 0 Å². The fraction of sp³-hybridized carbons (Fsp3) is 0. The third-order valence-corrected chi connectivity index (χ3v) is 11.1.